The van der Waals surface area contributed by atoms with Crippen molar-refractivity contribution in [1.82, 2.24) is 9.88 Å². The molecule has 1 heterocycles. The third-order valence-electron chi connectivity index (χ3n) is 2.69. The van der Waals surface area contributed by atoms with E-state index in [1.54, 1.807) is 11.3 Å². The molecular formula is C11H15N3S. The molecule has 0 saturated carbocycles. The number of benzene rings is 1. The summed E-state index contributed by atoms with van der Waals surface area (Å²) in [6.45, 7) is 2.19. The number of hydrogen-bond acceptors (Lipinski definition) is 4. The predicted octanol–water partition coefficient (Wildman–Crippen LogP) is 2.50. The molecule has 2 aromatic rings. The van der Waals surface area contributed by atoms with Crippen LogP contribution in [0, 0.1) is 0 Å². The largest absolute Gasteiger partial charge is 0.375 e. The Morgan fingerprint density at radius 3 is 2.80 bits per heavy atom. The molecule has 0 fully saturated rings. The van der Waals surface area contributed by atoms with E-state index in [0.717, 1.165) is 5.52 Å². The lowest BCUT2D eigenvalue weighted by atomic mass is 10.1. The van der Waals surface area contributed by atoms with Gasteiger partial charge >= 0.3 is 0 Å². The molecule has 0 saturated heterocycles. The summed E-state index contributed by atoms with van der Waals surface area (Å²) in [6.07, 6.45) is 0. The zero-order valence-corrected chi connectivity index (χ0v) is 10.0. The van der Waals surface area contributed by atoms with Crippen LogP contribution in [0.15, 0.2) is 18.2 Å². The molecule has 1 atom stereocenters. The van der Waals surface area contributed by atoms with E-state index in [9.17, 15) is 0 Å². The van der Waals surface area contributed by atoms with Gasteiger partial charge in [0.25, 0.3) is 0 Å². The fraction of sp³-hybridized carbons (Fsp3) is 0.364. The van der Waals surface area contributed by atoms with Crippen molar-refractivity contribution in [3.8, 4) is 0 Å². The van der Waals surface area contributed by atoms with Crippen LogP contribution in [-0.4, -0.2) is 24.0 Å². The highest BCUT2D eigenvalue weighted by molar-refractivity contribution is 7.22. The second kappa shape index (κ2) is 3.79. The van der Waals surface area contributed by atoms with Crippen LogP contribution in [0.5, 0.6) is 0 Å². The van der Waals surface area contributed by atoms with Gasteiger partial charge in [-0.25, -0.2) is 4.98 Å². The third-order valence-corrected chi connectivity index (χ3v) is 3.53. The number of aromatic nitrogens is 1. The van der Waals surface area contributed by atoms with E-state index in [0.29, 0.717) is 11.2 Å². The summed E-state index contributed by atoms with van der Waals surface area (Å²) >= 11 is 1.54. The summed E-state index contributed by atoms with van der Waals surface area (Å²) in [5.41, 5.74) is 7.97. The van der Waals surface area contributed by atoms with Crippen LogP contribution in [0.3, 0.4) is 0 Å². The highest BCUT2D eigenvalue weighted by Crippen LogP contribution is 2.27. The first-order chi connectivity index (χ1) is 7.08. The lowest BCUT2D eigenvalue weighted by molar-refractivity contribution is 0.321. The average Bonchev–Trinajstić information content (AvgIpc) is 2.55. The molecular weight excluding hydrogens is 206 g/mol. The summed E-state index contributed by atoms with van der Waals surface area (Å²) in [5.74, 6) is 0. The van der Waals surface area contributed by atoms with Crippen LogP contribution in [0.2, 0.25) is 0 Å². The highest BCUT2D eigenvalue weighted by Gasteiger charge is 2.09. The molecule has 0 aliphatic heterocycles. The quantitative estimate of drug-likeness (QED) is 0.847. The van der Waals surface area contributed by atoms with E-state index in [1.165, 1.54) is 10.3 Å². The second-order valence-corrected chi connectivity index (χ2v) is 4.98. The number of nitrogen functional groups attached to an aromatic ring is 1. The van der Waals surface area contributed by atoms with Gasteiger partial charge in [0.1, 0.15) is 0 Å². The number of rotatable bonds is 2. The van der Waals surface area contributed by atoms with E-state index in [-0.39, 0.29) is 0 Å². The van der Waals surface area contributed by atoms with Gasteiger partial charge in [0.2, 0.25) is 0 Å². The maximum Gasteiger partial charge on any atom is 0.181 e. The van der Waals surface area contributed by atoms with E-state index in [4.69, 9.17) is 5.73 Å². The highest BCUT2D eigenvalue weighted by atomic mass is 32.1. The first kappa shape index (κ1) is 10.4. The molecule has 1 aromatic heterocycles. The van der Waals surface area contributed by atoms with Crippen LogP contribution in [0.1, 0.15) is 18.5 Å². The van der Waals surface area contributed by atoms with Crippen molar-refractivity contribution in [2.24, 2.45) is 0 Å². The summed E-state index contributed by atoms with van der Waals surface area (Å²) in [5, 5.41) is 0.639. The fourth-order valence-electron chi connectivity index (χ4n) is 1.52. The average molecular weight is 221 g/mol. The van der Waals surface area contributed by atoms with Gasteiger partial charge in [-0.05, 0) is 38.7 Å². The topological polar surface area (TPSA) is 42.1 Å². The van der Waals surface area contributed by atoms with Crippen molar-refractivity contribution < 1.29 is 0 Å². The lowest BCUT2D eigenvalue weighted by Crippen LogP contribution is -2.16. The smallest absolute Gasteiger partial charge is 0.181 e. The Bertz CT molecular complexity index is 476. The molecule has 0 aliphatic carbocycles. The molecule has 1 aromatic carbocycles. The first-order valence-corrected chi connectivity index (χ1v) is 5.72. The van der Waals surface area contributed by atoms with Crippen molar-refractivity contribution in [3.05, 3.63) is 23.8 Å². The van der Waals surface area contributed by atoms with Crippen molar-refractivity contribution >= 4 is 26.7 Å². The van der Waals surface area contributed by atoms with Gasteiger partial charge in [0, 0.05) is 6.04 Å². The maximum absolute atomic E-state index is 5.67. The Labute approximate surface area is 93.5 Å². The van der Waals surface area contributed by atoms with Gasteiger partial charge in [0.15, 0.2) is 5.13 Å². The van der Waals surface area contributed by atoms with Gasteiger partial charge in [-0.1, -0.05) is 17.4 Å². The normalized spacial score (nSPS) is 13.6. The van der Waals surface area contributed by atoms with E-state index in [1.807, 2.05) is 6.07 Å². The monoisotopic (exact) mass is 221 g/mol. The molecule has 2 N–H and O–H groups in total. The van der Waals surface area contributed by atoms with Crippen molar-refractivity contribution in [2.45, 2.75) is 13.0 Å². The minimum atomic E-state index is 0.415. The fourth-order valence-corrected chi connectivity index (χ4v) is 2.30. The molecule has 1 unspecified atom stereocenters. The predicted molar refractivity (Wildman–Crippen MR) is 66.1 cm³/mol. The zero-order chi connectivity index (χ0) is 11.0. The van der Waals surface area contributed by atoms with Crippen LogP contribution >= 0.6 is 11.3 Å². The molecule has 0 amide bonds. The Balaban J connectivity index is 2.46. The molecule has 4 heteroatoms. The number of nitrogens with two attached hydrogens (primary N) is 1. The molecule has 15 heavy (non-hydrogen) atoms. The Kier molecular flexibility index (Phi) is 2.63. The summed E-state index contributed by atoms with van der Waals surface area (Å²) in [6, 6.07) is 6.75. The second-order valence-electron chi connectivity index (χ2n) is 3.92. The summed E-state index contributed by atoms with van der Waals surface area (Å²) in [7, 11) is 4.16. The molecule has 0 spiro atoms. The molecule has 0 bridgehead atoms. The van der Waals surface area contributed by atoms with Crippen molar-refractivity contribution in [3.63, 3.8) is 0 Å². The minimum absolute atomic E-state index is 0.415. The van der Waals surface area contributed by atoms with Gasteiger partial charge in [-0.15, -0.1) is 0 Å². The van der Waals surface area contributed by atoms with E-state index in [2.05, 4.69) is 43.0 Å². The standard InChI is InChI=1S/C11H15N3S/c1-7(14(2)3)8-4-5-9-10(6-8)15-11(12)13-9/h4-7H,1-3H3,(H2,12,13). The van der Waals surface area contributed by atoms with Crippen LogP contribution < -0.4 is 5.73 Å². The number of anilines is 1. The minimum Gasteiger partial charge on any atom is -0.375 e. The summed E-state index contributed by atoms with van der Waals surface area (Å²) < 4.78 is 1.17. The lowest BCUT2D eigenvalue weighted by Gasteiger charge is -2.19. The van der Waals surface area contributed by atoms with Crippen molar-refractivity contribution in [2.75, 3.05) is 19.8 Å². The Hall–Kier alpha value is -1.13. The van der Waals surface area contributed by atoms with Crippen LogP contribution in [-0.2, 0) is 0 Å². The number of thiazole rings is 1. The molecule has 3 nitrogen and oxygen atoms in total. The Morgan fingerprint density at radius 2 is 2.13 bits per heavy atom. The van der Waals surface area contributed by atoms with E-state index < -0.39 is 0 Å². The Morgan fingerprint density at radius 1 is 1.40 bits per heavy atom. The van der Waals surface area contributed by atoms with Gasteiger partial charge in [0.05, 0.1) is 10.2 Å². The molecule has 0 aliphatic rings. The van der Waals surface area contributed by atoms with Crippen LogP contribution in [0.4, 0.5) is 5.13 Å². The number of hydrogen-bond donors (Lipinski definition) is 1. The molecule has 0 radical (unpaired) electrons. The van der Waals surface area contributed by atoms with Gasteiger partial charge in [-0.2, -0.15) is 0 Å². The first-order valence-electron chi connectivity index (χ1n) is 4.90. The van der Waals surface area contributed by atoms with Gasteiger partial charge in [-0.3, -0.25) is 0 Å². The number of nitrogens with zero attached hydrogens (tertiary/aromatic N) is 2. The number of fused-ring (bicyclic) bond motifs is 1. The van der Waals surface area contributed by atoms with Crippen LogP contribution in [0.25, 0.3) is 10.2 Å². The zero-order valence-electron chi connectivity index (χ0n) is 9.19. The SMILES string of the molecule is CC(c1ccc2nc(N)sc2c1)N(C)C. The molecule has 80 valence electrons. The maximum atomic E-state index is 5.67. The van der Waals surface area contributed by atoms with E-state index >= 15 is 0 Å². The molecule has 2 rings (SSSR count). The third kappa shape index (κ3) is 1.96. The summed E-state index contributed by atoms with van der Waals surface area (Å²) in [4.78, 5) is 6.43. The van der Waals surface area contributed by atoms with Gasteiger partial charge < -0.3 is 10.6 Å². The van der Waals surface area contributed by atoms with Crippen molar-refractivity contribution in [1.29, 1.82) is 0 Å².